The monoisotopic (exact) mass is 712 g/mol. The summed E-state index contributed by atoms with van der Waals surface area (Å²) >= 11 is 1.81. The van der Waals surface area contributed by atoms with E-state index in [9.17, 15) is 5.11 Å². The number of hydrogen-bond donors (Lipinski definition) is 1. The Hall–Kier alpha value is -6.82. The van der Waals surface area contributed by atoms with Crippen LogP contribution in [-0.2, 0) is 0 Å². The molecule has 0 amide bonds. The molecule has 4 aromatic heterocycles. The standard InChI is InChI=1S/C49H32N2O2S/c1-30-24-36(49-40-18-6-5-17-39(40)48(53-49)34-22-23-38-37-16-8-10-21-46(37)54-47(38)29-34)28-42(50-30)32-14-11-15-33(25-32)43-26-35(31-12-3-2-4-13-31)27-44(51-43)41-19-7-9-20-45(41)52/h2-29,52H,1H3. The van der Waals surface area contributed by atoms with Crippen molar-refractivity contribution in [2.45, 2.75) is 6.92 Å². The Kier molecular flexibility index (Phi) is 7.67. The molecule has 0 atom stereocenters. The minimum atomic E-state index is 0.195. The number of furan rings is 1. The number of thiophene rings is 1. The van der Waals surface area contributed by atoms with Gasteiger partial charge in [0.15, 0.2) is 0 Å². The third kappa shape index (κ3) is 5.63. The lowest BCUT2D eigenvalue weighted by atomic mass is 9.98. The maximum atomic E-state index is 10.8. The van der Waals surface area contributed by atoms with Crippen LogP contribution in [0, 0.1) is 6.92 Å². The molecule has 10 rings (SSSR count). The van der Waals surface area contributed by atoms with Gasteiger partial charge >= 0.3 is 0 Å². The minimum Gasteiger partial charge on any atom is -0.507 e. The number of nitrogens with zero attached hydrogens (tertiary/aromatic N) is 2. The maximum absolute atomic E-state index is 10.8. The van der Waals surface area contributed by atoms with Crippen LogP contribution in [0.25, 0.3) is 98.5 Å². The van der Waals surface area contributed by atoms with E-state index in [-0.39, 0.29) is 5.75 Å². The predicted octanol–water partition coefficient (Wildman–Crippen LogP) is 13.6. The summed E-state index contributed by atoms with van der Waals surface area (Å²) in [4.78, 5) is 10.1. The van der Waals surface area contributed by atoms with Gasteiger partial charge in [0.05, 0.1) is 17.1 Å². The predicted molar refractivity (Wildman–Crippen MR) is 224 cm³/mol. The third-order valence-corrected chi connectivity index (χ3v) is 11.2. The molecule has 0 spiro atoms. The average molecular weight is 713 g/mol. The van der Waals surface area contributed by atoms with Gasteiger partial charge in [0.2, 0.25) is 0 Å². The largest absolute Gasteiger partial charge is 0.507 e. The zero-order valence-corrected chi connectivity index (χ0v) is 30.1. The first-order valence-electron chi connectivity index (χ1n) is 17.9. The molecule has 0 aliphatic carbocycles. The molecule has 0 aliphatic heterocycles. The summed E-state index contributed by atoms with van der Waals surface area (Å²) < 4.78 is 9.40. The number of rotatable bonds is 6. The van der Waals surface area contributed by atoms with Gasteiger partial charge in [0.25, 0.3) is 0 Å². The van der Waals surface area contributed by atoms with Crippen molar-refractivity contribution in [2.24, 2.45) is 0 Å². The van der Waals surface area contributed by atoms with Crippen molar-refractivity contribution < 1.29 is 9.52 Å². The number of phenols is 1. The molecule has 1 N–H and O–H groups in total. The Labute approximate surface area is 316 Å². The molecule has 0 unspecified atom stereocenters. The summed E-state index contributed by atoms with van der Waals surface area (Å²) in [6.45, 7) is 2.03. The van der Waals surface area contributed by atoms with Crippen LogP contribution >= 0.6 is 11.3 Å². The Morgan fingerprint density at radius 1 is 0.426 bits per heavy atom. The molecule has 0 bridgehead atoms. The molecule has 0 saturated carbocycles. The highest BCUT2D eigenvalue weighted by Crippen LogP contribution is 2.43. The van der Waals surface area contributed by atoms with Gasteiger partial charge in [-0.2, -0.15) is 0 Å². The lowest BCUT2D eigenvalue weighted by Gasteiger charge is -2.12. The zero-order chi connectivity index (χ0) is 36.2. The van der Waals surface area contributed by atoms with Crippen molar-refractivity contribution in [3.05, 3.63) is 176 Å². The summed E-state index contributed by atoms with van der Waals surface area (Å²) in [5.41, 5.74) is 10.00. The van der Waals surface area contributed by atoms with Crippen LogP contribution in [0.4, 0.5) is 0 Å². The van der Waals surface area contributed by atoms with Gasteiger partial charge in [-0.1, -0.05) is 115 Å². The normalized spacial score (nSPS) is 11.5. The first-order valence-corrected chi connectivity index (χ1v) is 18.8. The van der Waals surface area contributed by atoms with Gasteiger partial charge < -0.3 is 9.52 Å². The second-order valence-electron chi connectivity index (χ2n) is 13.6. The highest BCUT2D eigenvalue weighted by atomic mass is 32.1. The maximum Gasteiger partial charge on any atom is 0.142 e. The van der Waals surface area contributed by atoms with E-state index in [1.54, 1.807) is 6.07 Å². The molecular weight excluding hydrogens is 681 g/mol. The third-order valence-electron chi connectivity index (χ3n) is 10.0. The molecule has 0 fully saturated rings. The summed E-state index contributed by atoms with van der Waals surface area (Å²) in [6.07, 6.45) is 0. The minimum absolute atomic E-state index is 0.195. The molecule has 0 aliphatic rings. The fourth-order valence-electron chi connectivity index (χ4n) is 7.48. The van der Waals surface area contributed by atoms with Crippen molar-refractivity contribution in [3.63, 3.8) is 0 Å². The molecular formula is C49H32N2O2S. The van der Waals surface area contributed by atoms with Crippen LogP contribution in [0.2, 0.25) is 0 Å². The van der Waals surface area contributed by atoms with Crippen LogP contribution in [-0.4, -0.2) is 15.1 Å². The van der Waals surface area contributed by atoms with Crippen LogP contribution < -0.4 is 0 Å². The van der Waals surface area contributed by atoms with E-state index in [1.165, 1.54) is 20.2 Å². The van der Waals surface area contributed by atoms with Crippen molar-refractivity contribution in [1.29, 1.82) is 0 Å². The van der Waals surface area contributed by atoms with Gasteiger partial charge in [-0.15, -0.1) is 11.3 Å². The molecule has 4 heterocycles. The van der Waals surface area contributed by atoms with E-state index >= 15 is 0 Å². The quantitative estimate of drug-likeness (QED) is 0.186. The number of aromatic nitrogens is 2. The Morgan fingerprint density at radius 2 is 1.04 bits per heavy atom. The van der Waals surface area contributed by atoms with Crippen molar-refractivity contribution in [1.82, 2.24) is 9.97 Å². The number of pyridine rings is 2. The van der Waals surface area contributed by atoms with Crippen LogP contribution in [0.1, 0.15) is 5.69 Å². The highest BCUT2D eigenvalue weighted by molar-refractivity contribution is 7.25. The zero-order valence-electron chi connectivity index (χ0n) is 29.3. The number of para-hydroxylation sites is 1. The smallest absolute Gasteiger partial charge is 0.142 e. The first kappa shape index (κ1) is 31.9. The fraction of sp³-hybridized carbons (Fsp3) is 0.0204. The van der Waals surface area contributed by atoms with E-state index in [4.69, 9.17) is 14.4 Å². The molecule has 4 nitrogen and oxygen atoms in total. The Morgan fingerprint density at radius 3 is 1.83 bits per heavy atom. The van der Waals surface area contributed by atoms with E-state index in [2.05, 4.69) is 121 Å². The second-order valence-corrected chi connectivity index (χ2v) is 14.7. The molecule has 5 heteroatoms. The lowest BCUT2D eigenvalue weighted by Crippen LogP contribution is -1.93. The molecule has 0 radical (unpaired) electrons. The number of phenolic OH excluding ortho intramolecular Hbond substituents is 1. The van der Waals surface area contributed by atoms with Crippen molar-refractivity contribution in [3.8, 4) is 73.3 Å². The Balaban J connectivity index is 1.07. The number of aryl methyl sites for hydroxylation is 1. The SMILES string of the molecule is Cc1cc(-c2oc(-c3ccc4c(c3)sc3ccccc34)c3ccccc23)cc(-c2cccc(-c3cc(-c4ccccc4)cc(-c4ccccc4O)n3)c2)n1. The molecule has 0 saturated heterocycles. The second kappa shape index (κ2) is 13.0. The Bertz CT molecular complexity index is 3030. The summed E-state index contributed by atoms with van der Waals surface area (Å²) in [6, 6.07) is 58.0. The lowest BCUT2D eigenvalue weighted by molar-refractivity contribution is 0.477. The number of benzene rings is 6. The van der Waals surface area contributed by atoms with E-state index < -0.39 is 0 Å². The summed E-state index contributed by atoms with van der Waals surface area (Å²) in [5, 5.41) is 15.5. The van der Waals surface area contributed by atoms with Gasteiger partial charge in [0, 0.05) is 64.5 Å². The van der Waals surface area contributed by atoms with Gasteiger partial charge in [-0.25, -0.2) is 4.98 Å². The molecule has 10 aromatic rings. The summed E-state index contributed by atoms with van der Waals surface area (Å²) in [7, 11) is 0. The highest BCUT2D eigenvalue weighted by Gasteiger charge is 2.19. The molecule has 256 valence electrons. The topological polar surface area (TPSA) is 59.2 Å². The van der Waals surface area contributed by atoms with Crippen molar-refractivity contribution in [2.75, 3.05) is 0 Å². The fourth-order valence-corrected chi connectivity index (χ4v) is 8.62. The number of hydrogen-bond acceptors (Lipinski definition) is 5. The van der Waals surface area contributed by atoms with E-state index in [0.29, 0.717) is 11.3 Å². The van der Waals surface area contributed by atoms with Crippen LogP contribution in [0.5, 0.6) is 5.75 Å². The summed E-state index contributed by atoms with van der Waals surface area (Å²) in [5.74, 6) is 1.88. The van der Waals surface area contributed by atoms with Crippen LogP contribution in [0.15, 0.2) is 174 Å². The van der Waals surface area contributed by atoms with Crippen LogP contribution in [0.3, 0.4) is 0 Å². The van der Waals surface area contributed by atoms with Crippen molar-refractivity contribution >= 4 is 42.3 Å². The number of aromatic hydroxyl groups is 1. The average Bonchev–Trinajstić information content (AvgIpc) is 3.80. The van der Waals surface area contributed by atoms with E-state index in [0.717, 1.165) is 72.8 Å². The molecule has 54 heavy (non-hydrogen) atoms. The van der Waals surface area contributed by atoms with E-state index in [1.807, 2.05) is 60.7 Å². The first-order chi connectivity index (χ1) is 26.6. The van der Waals surface area contributed by atoms with Gasteiger partial charge in [-0.05, 0) is 72.6 Å². The molecule has 6 aromatic carbocycles. The number of fused-ring (bicyclic) bond motifs is 4. The van der Waals surface area contributed by atoms with Gasteiger partial charge in [0.1, 0.15) is 17.3 Å². The van der Waals surface area contributed by atoms with Gasteiger partial charge in [-0.3, -0.25) is 4.98 Å².